The van der Waals surface area contributed by atoms with Crippen molar-refractivity contribution in [2.24, 2.45) is 0 Å². The number of hydrogen-bond acceptors (Lipinski definition) is 3. The second kappa shape index (κ2) is 4.70. The fourth-order valence-corrected chi connectivity index (χ4v) is 2.21. The first-order valence-electron chi connectivity index (χ1n) is 5.39. The maximum Gasteiger partial charge on any atom is 0.167 e. The molecular weight excluding hydrogens is 209 g/mol. The Hall–Kier alpha value is -1.29. The number of nitrogens with one attached hydrogen (secondary N) is 1. The van der Waals surface area contributed by atoms with E-state index < -0.39 is 0 Å². The van der Waals surface area contributed by atoms with Gasteiger partial charge in [0.05, 0.1) is 14.2 Å². The number of methoxy groups -OCH3 is 2. The highest BCUT2D eigenvalue weighted by molar-refractivity contribution is 5.49. The summed E-state index contributed by atoms with van der Waals surface area (Å²) in [7, 11) is 3.11. The molecule has 2 rings (SSSR count). The minimum atomic E-state index is -0.216. The number of ether oxygens (including phenoxy) is 2. The Morgan fingerprint density at radius 2 is 2.12 bits per heavy atom. The van der Waals surface area contributed by atoms with E-state index in [4.69, 9.17) is 9.47 Å². The highest BCUT2D eigenvalue weighted by Gasteiger charge is 2.25. The number of rotatable bonds is 3. The van der Waals surface area contributed by atoms with Crippen molar-refractivity contribution in [1.29, 1.82) is 0 Å². The molecule has 0 spiro atoms. The Labute approximate surface area is 94.6 Å². The predicted octanol–water partition coefficient (Wildman–Crippen LogP) is 1.92. The van der Waals surface area contributed by atoms with E-state index in [0.717, 1.165) is 19.5 Å². The second-order valence-corrected chi connectivity index (χ2v) is 3.89. The summed E-state index contributed by atoms with van der Waals surface area (Å²) < 4.78 is 24.3. The van der Waals surface area contributed by atoms with E-state index in [1.165, 1.54) is 6.07 Å². The zero-order valence-corrected chi connectivity index (χ0v) is 9.55. The summed E-state index contributed by atoms with van der Waals surface area (Å²) in [6.45, 7) is 1.71. The molecule has 1 fully saturated rings. The highest BCUT2D eigenvalue weighted by atomic mass is 19.1. The lowest BCUT2D eigenvalue weighted by Crippen LogP contribution is -2.10. The molecule has 88 valence electrons. The first-order chi connectivity index (χ1) is 7.77. The Balaban J connectivity index is 2.47. The lowest BCUT2D eigenvalue weighted by Gasteiger charge is -2.17. The van der Waals surface area contributed by atoms with Gasteiger partial charge in [0.1, 0.15) is 5.82 Å². The summed E-state index contributed by atoms with van der Waals surface area (Å²) in [4.78, 5) is 0. The van der Waals surface area contributed by atoms with Gasteiger partial charge in [-0.3, -0.25) is 0 Å². The molecule has 0 saturated carbocycles. The first-order valence-corrected chi connectivity index (χ1v) is 5.39. The van der Waals surface area contributed by atoms with Crippen molar-refractivity contribution in [3.63, 3.8) is 0 Å². The Morgan fingerprint density at radius 3 is 2.69 bits per heavy atom. The molecule has 1 heterocycles. The van der Waals surface area contributed by atoms with Crippen molar-refractivity contribution >= 4 is 0 Å². The van der Waals surface area contributed by atoms with Crippen molar-refractivity contribution in [2.75, 3.05) is 27.3 Å². The van der Waals surface area contributed by atoms with E-state index >= 15 is 0 Å². The van der Waals surface area contributed by atoms with Crippen molar-refractivity contribution in [3.05, 3.63) is 23.5 Å². The SMILES string of the molecule is COc1ccc(F)c(C2CCNC2)c1OC. The molecule has 4 heteroatoms. The molecule has 1 N–H and O–H groups in total. The van der Waals surface area contributed by atoms with Crippen molar-refractivity contribution < 1.29 is 13.9 Å². The average molecular weight is 225 g/mol. The minimum Gasteiger partial charge on any atom is -0.493 e. The van der Waals surface area contributed by atoms with E-state index in [9.17, 15) is 4.39 Å². The molecule has 1 atom stereocenters. The third kappa shape index (κ3) is 1.85. The van der Waals surface area contributed by atoms with Gasteiger partial charge >= 0.3 is 0 Å². The van der Waals surface area contributed by atoms with Crippen LogP contribution in [0, 0.1) is 5.82 Å². The van der Waals surface area contributed by atoms with Crippen LogP contribution < -0.4 is 14.8 Å². The highest BCUT2D eigenvalue weighted by Crippen LogP contribution is 2.39. The van der Waals surface area contributed by atoms with Gasteiger partial charge in [-0.25, -0.2) is 4.39 Å². The Kier molecular flexibility index (Phi) is 3.29. The van der Waals surface area contributed by atoms with Gasteiger partial charge in [0.25, 0.3) is 0 Å². The van der Waals surface area contributed by atoms with Crippen LogP contribution in [0.15, 0.2) is 12.1 Å². The Bertz CT molecular complexity index is 376. The lowest BCUT2D eigenvalue weighted by molar-refractivity contribution is 0.345. The standard InChI is InChI=1S/C12H16FNO2/c1-15-10-4-3-9(13)11(12(10)16-2)8-5-6-14-7-8/h3-4,8,14H,5-7H2,1-2H3. The summed E-state index contributed by atoms with van der Waals surface area (Å²) in [6, 6.07) is 3.04. The van der Waals surface area contributed by atoms with E-state index in [1.54, 1.807) is 20.3 Å². The summed E-state index contributed by atoms with van der Waals surface area (Å²) in [5.74, 6) is 1.07. The van der Waals surface area contributed by atoms with Crippen LogP contribution in [-0.2, 0) is 0 Å². The molecule has 3 nitrogen and oxygen atoms in total. The van der Waals surface area contributed by atoms with E-state index in [-0.39, 0.29) is 11.7 Å². The molecule has 1 aromatic rings. The van der Waals surface area contributed by atoms with Gasteiger partial charge in [-0.05, 0) is 25.1 Å². The average Bonchev–Trinajstić information content (AvgIpc) is 2.81. The molecule has 1 aliphatic rings. The monoisotopic (exact) mass is 225 g/mol. The van der Waals surface area contributed by atoms with Crippen LogP contribution in [0.25, 0.3) is 0 Å². The molecule has 0 aromatic heterocycles. The number of hydrogen-bond donors (Lipinski definition) is 1. The first kappa shape index (κ1) is 11.2. The van der Waals surface area contributed by atoms with Crippen LogP contribution in [0.5, 0.6) is 11.5 Å². The normalized spacial score (nSPS) is 19.8. The van der Waals surface area contributed by atoms with Crippen molar-refractivity contribution in [2.45, 2.75) is 12.3 Å². The van der Waals surface area contributed by atoms with Crippen LogP contribution in [0.3, 0.4) is 0 Å². The number of halogens is 1. The minimum absolute atomic E-state index is 0.171. The largest absolute Gasteiger partial charge is 0.493 e. The zero-order valence-electron chi connectivity index (χ0n) is 9.55. The summed E-state index contributed by atoms with van der Waals surface area (Å²) in [6.07, 6.45) is 0.931. The fraction of sp³-hybridized carbons (Fsp3) is 0.500. The van der Waals surface area contributed by atoms with Gasteiger partial charge in [-0.2, -0.15) is 0 Å². The second-order valence-electron chi connectivity index (χ2n) is 3.89. The van der Waals surface area contributed by atoms with Crippen LogP contribution in [0.1, 0.15) is 17.9 Å². The quantitative estimate of drug-likeness (QED) is 0.852. The topological polar surface area (TPSA) is 30.5 Å². The number of benzene rings is 1. The fourth-order valence-electron chi connectivity index (χ4n) is 2.21. The van der Waals surface area contributed by atoms with E-state index in [1.807, 2.05) is 0 Å². The molecule has 1 unspecified atom stereocenters. The third-order valence-corrected chi connectivity index (χ3v) is 3.00. The molecule has 0 aliphatic carbocycles. The molecule has 0 bridgehead atoms. The van der Waals surface area contributed by atoms with Crippen molar-refractivity contribution in [1.82, 2.24) is 5.32 Å². The van der Waals surface area contributed by atoms with Gasteiger partial charge in [-0.15, -0.1) is 0 Å². The molecule has 0 amide bonds. The van der Waals surface area contributed by atoms with Gasteiger partial charge in [-0.1, -0.05) is 0 Å². The smallest absolute Gasteiger partial charge is 0.167 e. The van der Waals surface area contributed by atoms with Crippen molar-refractivity contribution in [3.8, 4) is 11.5 Å². The van der Waals surface area contributed by atoms with Gasteiger partial charge in [0.15, 0.2) is 11.5 Å². The Morgan fingerprint density at radius 1 is 1.31 bits per heavy atom. The van der Waals surface area contributed by atoms with Crippen LogP contribution in [-0.4, -0.2) is 27.3 Å². The maximum atomic E-state index is 13.8. The van der Waals surface area contributed by atoms with Crippen LogP contribution >= 0.6 is 0 Å². The van der Waals surface area contributed by atoms with E-state index in [0.29, 0.717) is 17.1 Å². The molecule has 16 heavy (non-hydrogen) atoms. The molecule has 1 saturated heterocycles. The molecular formula is C12H16FNO2. The lowest BCUT2D eigenvalue weighted by atomic mass is 9.96. The summed E-state index contributed by atoms with van der Waals surface area (Å²) in [5.41, 5.74) is 0.631. The van der Waals surface area contributed by atoms with Gasteiger partial charge in [0, 0.05) is 18.0 Å². The van der Waals surface area contributed by atoms with Crippen LogP contribution in [0.4, 0.5) is 4.39 Å². The van der Waals surface area contributed by atoms with E-state index in [2.05, 4.69) is 5.32 Å². The maximum absolute atomic E-state index is 13.8. The summed E-state index contributed by atoms with van der Waals surface area (Å²) in [5, 5.41) is 3.22. The molecule has 1 aliphatic heterocycles. The molecule has 0 radical (unpaired) electrons. The predicted molar refractivity (Wildman–Crippen MR) is 59.7 cm³/mol. The molecule has 1 aromatic carbocycles. The third-order valence-electron chi connectivity index (χ3n) is 3.00. The van der Waals surface area contributed by atoms with Gasteiger partial charge < -0.3 is 14.8 Å². The van der Waals surface area contributed by atoms with Crippen LogP contribution in [0.2, 0.25) is 0 Å². The summed E-state index contributed by atoms with van der Waals surface area (Å²) >= 11 is 0. The zero-order chi connectivity index (χ0) is 11.5. The van der Waals surface area contributed by atoms with Gasteiger partial charge in [0.2, 0.25) is 0 Å².